The van der Waals surface area contributed by atoms with E-state index in [1.54, 1.807) is 26.0 Å². The predicted molar refractivity (Wildman–Crippen MR) is 158 cm³/mol. The number of phosphoric ester groups is 1. The third-order valence-electron chi connectivity index (χ3n) is 5.88. The van der Waals surface area contributed by atoms with Crippen molar-refractivity contribution >= 4 is 27.6 Å². The van der Waals surface area contributed by atoms with Gasteiger partial charge in [-0.2, -0.15) is 4.31 Å². The molecule has 0 bridgehead atoms. The van der Waals surface area contributed by atoms with E-state index >= 15 is 0 Å². The lowest BCUT2D eigenvalue weighted by Crippen LogP contribution is -2.02. The first-order valence-electron chi connectivity index (χ1n) is 14.9. The SMILES string of the molecule is CC=CC(=O)OCCCCCCCCCCOP(=O)(OCCCCCCCCCCOC(=O)C=CC)OP(=O)(O)O. The highest BCUT2D eigenvalue weighted by molar-refractivity contribution is 7.61. The summed E-state index contributed by atoms with van der Waals surface area (Å²) in [6, 6.07) is 0. The molecule has 0 fully saturated rings. The first-order valence-corrected chi connectivity index (χ1v) is 17.9. The second kappa shape index (κ2) is 26.3. The first kappa shape index (κ1) is 39.7. The van der Waals surface area contributed by atoms with Crippen LogP contribution in [0.1, 0.15) is 117 Å². The summed E-state index contributed by atoms with van der Waals surface area (Å²) in [5.74, 6) is -0.623. The summed E-state index contributed by atoms with van der Waals surface area (Å²) in [6.07, 6.45) is 20.7. The minimum atomic E-state index is -5.05. The zero-order valence-corrected chi connectivity index (χ0v) is 26.7. The summed E-state index contributed by atoms with van der Waals surface area (Å²) in [7, 11) is -9.41. The summed E-state index contributed by atoms with van der Waals surface area (Å²) in [5.41, 5.74) is 0. The van der Waals surface area contributed by atoms with Crippen LogP contribution in [0, 0.1) is 0 Å². The Morgan fingerprint density at radius 1 is 0.537 bits per heavy atom. The number of ether oxygens (including phenoxy) is 2. The van der Waals surface area contributed by atoms with Gasteiger partial charge in [0.05, 0.1) is 26.4 Å². The zero-order valence-electron chi connectivity index (χ0n) is 24.9. The summed E-state index contributed by atoms with van der Waals surface area (Å²) in [5, 5.41) is 0. The summed E-state index contributed by atoms with van der Waals surface area (Å²) >= 11 is 0. The zero-order chi connectivity index (χ0) is 30.7. The van der Waals surface area contributed by atoms with E-state index in [1.165, 1.54) is 12.2 Å². The molecule has 0 saturated carbocycles. The number of phosphoric acid groups is 2. The molecule has 2 N–H and O–H groups in total. The molecule has 0 atom stereocenters. The van der Waals surface area contributed by atoms with E-state index in [2.05, 4.69) is 4.31 Å². The van der Waals surface area contributed by atoms with Gasteiger partial charge >= 0.3 is 27.6 Å². The van der Waals surface area contributed by atoms with Gasteiger partial charge in [-0.05, 0) is 39.5 Å². The van der Waals surface area contributed by atoms with Crippen LogP contribution in [0.3, 0.4) is 0 Å². The molecule has 0 radical (unpaired) electrons. The Balaban J connectivity index is 3.86. The van der Waals surface area contributed by atoms with Crippen LogP contribution in [0.15, 0.2) is 24.3 Å². The molecule has 0 saturated heterocycles. The minimum Gasteiger partial charge on any atom is -0.463 e. The average Bonchev–Trinajstić information content (AvgIpc) is 2.89. The Labute approximate surface area is 246 Å². The van der Waals surface area contributed by atoms with Gasteiger partial charge in [-0.15, -0.1) is 0 Å². The Morgan fingerprint density at radius 3 is 1.12 bits per heavy atom. The van der Waals surface area contributed by atoms with Crippen LogP contribution in [0.25, 0.3) is 0 Å². The summed E-state index contributed by atoms with van der Waals surface area (Å²) in [6.45, 7) is 4.43. The molecule has 11 nitrogen and oxygen atoms in total. The van der Waals surface area contributed by atoms with Gasteiger partial charge in [0, 0.05) is 12.2 Å². The lowest BCUT2D eigenvalue weighted by atomic mass is 10.1. The first-order chi connectivity index (χ1) is 19.6. The number of carbonyl (C=O) groups is 2. The van der Waals surface area contributed by atoms with E-state index in [9.17, 15) is 18.7 Å². The maximum atomic E-state index is 12.7. The fraction of sp³-hybridized carbons (Fsp3) is 0.786. The van der Waals surface area contributed by atoms with Crippen molar-refractivity contribution in [1.29, 1.82) is 0 Å². The molecule has 0 aromatic heterocycles. The van der Waals surface area contributed by atoms with Crippen LogP contribution < -0.4 is 0 Å². The molecule has 240 valence electrons. The monoisotopic (exact) mass is 626 g/mol. The van der Waals surface area contributed by atoms with Crippen molar-refractivity contribution in [2.24, 2.45) is 0 Å². The molecule has 0 spiro atoms. The second-order valence-corrected chi connectivity index (χ2v) is 12.7. The highest BCUT2D eigenvalue weighted by Gasteiger charge is 2.35. The standard InChI is InChI=1S/C28H52O11P2/c1-3-21-27(29)35-23-17-13-9-5-7-11-15-19-25-37-41(34,39-40(31,32)33)38-26-20-16-12-8-6-10-14-18-24-36-28(30)22-4-2/h3-4,21-22H,5-20,23-26H2,1-2H3,(H2,31,32,33). The molecule has 0 amide bonds. The molecule has 0 aromatic rings. The van der Waals surface area contributed by atoms with Gasteiger partial charge in [-0.25, -0.2) is 18.7 Å². The maximum absolute atomic E-state index is 12.7. The largest absolute Gasteiger partial charge is 0.483 e. The van der Waals surface area contributed by atoms with Gasteiger partial charge in [0.1, 0.15) is 0 Å². The molecule has 41 heavy (non-hydrogen) atoms. The van der Waals surface area contributed by atoms with E-state index in [1.807, 2.05) is 0 Å². The lowest BCUT2D eigenvalue weighted by molar-refractivity contribution is -0.138. The van der Waals surface area contributed by atoms with Gasteiger partial charge in [-0.3, -0.25) is 9.05 Å². The average molecular weight is 627 g/mol. The van der Waals surface area contributed by atoms with Gasteiger partial charge < -0.3 is 19.3 Å². The molecular weight excluding hydrogens is 574 g/mol. The Hall–Kier alpha value is -1.32. The van der Waals surface area contributed by atoms with Crippen molar-refractivity contribution < 1.29 is 51.3 Å². The molecular formula is C28H52O11P2. The molecule has 13 heteroatoms. The number of carbonyl (C=O) groups excluding carboxylic acids is 2. The van der Waals surface area contributed by atoms with E-state index < -0.39 is 15.6 Å². The topological polar surface area (TPSA) is 155 Å². The molecule has 0 unspecified atom stereocenters. The highest BCUT2D eigenvalue weighted by atomic mass is 31.3. The predicted octanol–water partition coefficient (Wildman–Crippen LogP) is 7.72. The molecule has 0 aliphatic heterocycles. The summed E-state index contributed by atoms with van der Waals surface area (Å²) < 4.78 is 48.7. The Kier molecular flexibility index (Phi) is 25.5. The number of allylic oxidation sites excluding steroid dienone is 2. The van der Waals surface area contributed by atoms with Crippen LogP contribution in [0.4, 0.5) is 0 Å². The molecule has 0 aromatic carbocycles. The van der Waals surface area contributed by atoms with Crippen molar-refractivity contribution in [3.05, 3.63) is 24.3 Å². The van der Waals surface area contributed by atoms with Gasteiger partial charge in [0.25, 0.3) is 0 Å². The third-order valence-corrected chi connectivity index (χ3v) is 8.53. The number of unbranched alkanes of at least 4 members (excludes halogenated alkanes) is 14. The number of rotatable bonds is 28. The normalized spacial score (nSPS) is 13.6. The Bertz CT molecular complexity index is 772. The number of hydrogen-bond donors (Lipinski definition) is 2. The minimum absolute atomic E-state index is 0.0172. The van der Waals surface area contributed by atoms with Gasteiger partial charge in [0.2, 0.25) is 0 Å². The Morgan fingerprint density at radius 2 is 0.829 bits per heavy atom. The number of esters is 2. The molecule has 0 aliphatic rings. The molecule has 0 rings (SSSR count). The third kappa shape index (κ3) is 28.6. The lowest BCUT2D eigenvalue weighted by Gasteiger charge is -2.18. The quantitative estimate of drug-likeness (QED) is 0.0379. The van der Waals surface area contributed by atoms with E-state index in [4.69, 9.17) is 28.3 Å². The van der Waals surface area contributed by atoms with Crippen molar-refractivity contribution in [3.8, 4) is 0 Å². The maximum Gasteiger partial charge on any atom is 0.483 e. The van der Waals surface area contributed by atoms with Crippen molar-refractivity contribution in [2.75, 3.05) is 26.4 Å². The van der Waals surface area contributed by atoms with Crippen LogP contribution in [0.2, 0.25) is 0 Å². The van der Waals surface area contributed by atoms with E-state index in [0.29, 0.717) is 26.1 Å². The van der Waals surface area contributed by atoms with Crippen molar-refractivity contribution in [1.82, 2.24) is 0 Å². The molecule has 0 aliphatic carbocycles. The van der Waals surface area contributed by atoms with E-state index in [-0.39, 0.29) is 25.2 Å². The van der Waals surface area contributed by atoms with Crippen molar-refractivity contribution in [3.63, 3.8) is 0 Å². The van der Waals surface area contributed by atoms with Gasteiger partial charge in [0.15, 0.2) is 0 Å². The van der Waals surface area contributed by atoms with Crippen LogP contribution >= 0.6 is 15.6 Å². The van der Waals surface area contributed by atoms with E-state index in [0.717, 1.165) is 89.9 Å². The van der Waals surface area contributed by atoms with Gasteiger partial charge in [-0.1, -0.05) is 89.2 Å². The highest BCUT2D eigenvalue weighted by Crippen LogP contribution is 2.61. The number of hydrogen-bond acceptors (Lipinski definition) is 9. The summed E-state index contributed by atoms with van der Waals surface area (Å²) in [4.78, 5) is 40.6. The van der Waals surface area contributed by atoms with Crippen LogP contribution in [-0.2, 0) is 41.6 Å². The van der Waals surface area contributed by atoms with Crippen LogP contribution in [-0.4, -0.2) is 48.2 Å². The van der Waals surface area contributed by atoms with Crippen molar-refractivity contribution in [2.45, 2.75) is 117 Å². The smallest absolute Gasteiger partial charge is 0.463 e. The fourth-order valence-corrected chi connectivity index (χ4v) is 6.01. The van der Waals surface area contributed by atoms with Crippen LogP contribution in [0.5, 0.6) is 0 Å². The molecule has 0 heterocycles. The fourth-order valence-electron chi connectivity index (χ4n) is 3.81. The second-order valence-electron chi connectivity index (χ2n) is 9.68.